The van der Waals surface area contributed by atoms with Crippen molar-refractivity contribution in [2.75, 3.05) is 45.3 Å². The summed E-state index contributed by atoms with van der Waals surface area (Å²) in [5.41, 5.74) is 0.899. The molecular formula is C30H40F3N5O4. The third-order valence-electron chi connectivity index (χ3n) is 8.56. The molecule has 1 aromatic heterocycles. The maximum absolute atomic E-state index is 13.4. The molecule has 5 rings (SSSR count). The van der Waals surface area contributed by atoms with Gasteiger partial charge in [-0.15, -0.1) is 0 Å². The molecule has 1 amide bonds. The normalized spacial score (nSPS) is 25.8. The van der Waals surface area contributed by atoms with Crippen LogP contribution in [-0.4, -0.2) is 85.0 Å². The minimum atomic E-state index is -4.39. The van der Waals surface area contributed by atoms with Gasteiger partial charge in [0.2, 0.25) is 0 Å². The number of nitrogens with one attached hydrogen (secondary N) is 2. The van der Waals surface area contributed by atoms with Crippen LogP contribution in [0.5, 0.6) is 0 Å². The van der Waals surface area contributed by atoms with E-state index < -0.39 is 17.8 Å². The molecule has 1 aromatic carbocycles. The van der Waals surface area contributed by atoms with Crippen LogP contribution in [0.3, 0.4) is 0 Å². The van der Waals surface area contributed by atoms with E-state index in [0.29, 0.717) is 61.3 Å². The van der Waals surface area contributed by atoms with Gasteiger partial charge in [0, 0.05) is 51.0 Å². The molecule has 0 aliphatic carbocycles. The summed E-state index contributed by atoms with van der Waals surface area (Å²) in [7, 11) is 1.71. The number of carbonyl (C=O) groups excluding carboxylic acids is 1. The number of nitrogens with zero attached hydrogens (tertiary/aromatic N) is 3. The predicted octanol–water partition coefficient (Wildman–Crippen LogP) is 4.52. The first-order valence-corrected chi connectivity index (χ1v) is 14.8. The molecule has 3 aliphatic heterocycles. The van der Waals surface area contributed by atoms with E-state index in [1.165, 1.54) is 18.5 Å². The summed E-state index contributed by atoms with van der Waals surface area (Å²) >= 11 is 0. The third kappa shape index (κ3) is 7.39. The summed E-state index contributed by atoms with van der Waals surface area (Å²) in [6.07, 6.45) is 1.32. The van der Waals surface area contributed by atoms with E-state index in [0.717, 1.165) is 44.8 Å². The number of methoxy groups -OCH3 is 1. The van der Waals surface area contributed by atoms with Gasteiger partial charge >= 0.3 is 6.18 Å². The highest BCUT2D eigenvalue weighted by Crippen LogP contribution is 2.35. The van der Waals surface area contributed by atoms with Crippen molar-refractivity contribution in [2.45, 2.75) is 82.0 Å². The van der Waals surface area contributed by atoms with Crippen molar-refractivity contribution < 1.29 is 32.2 Å². The second-order valence-corrected chi connectivity index (χ2v) is 11.4. The number of rotatable bonds is 8. The Morgan fingerprint density at radius 2 is 1.95 bits per heavy atom. The highest BCUT2D eigenvalue weighted by molar-refractivity contribution is 5.94. The van der Waals surface area contributed by atoms with Gasteiger partial charge in [-0.3, -0.25) is 4.79 Å². The molecule has 2 N–H and O–H groups in total. The van der Waals surface area contributed by atoms with E-state index in [4.69, 9.17) is 14.2 Å². The second-order valence-electron chi connectivity index (χ2n) is 11.4. The number of carbonyl (C=O) groups is 1. The van der Waals surface area contributed by atoms with Crippen LogP contribution < -0.4 is 10.6 Å². The second kappa shape index (κ2) is 13.7. The van der Waals surface area contributed by atoms with Gasteiger partial charge in [0.15, 0.2) is 0 Å². The molecule has 3 fully saturated rings. The molecule has 3 saturated heterocycles. The number of benzene rings is 1. The van der Waals surface area contributed by atoms with E-state index in [9.17, 15) is 18.0 Å². The lowest BCUT2D eigenvalue weighted by molar-refractivity contribution is -0.137. The first-order valence-electron chi connectivity index (χ1n) is 14.8. The van der Waals surface area contributed by atoms with Crippen molar-refractivity contribution in [1.82, 2.24) is 20.2 Å². The Hall–Kier alpha value is -2.80. The zero-order valence-electron chi connectivity index (χ0n) is 24.2. The monoisotopic (exact) mass is 591 g/mol. The summed E-state index contributed by atoms with van der Waals surface area (Å²) in [6, 6.07) is 5.92. The first-order chi connectivity index (χ1) is 20.2. The number of aromatic nitrogens is 2. The van der Waals surface area contributed by atoms with E-state index in [-0.39, 0.29) is 24.2 Å². The standard InChI is InChI=1S/C30H40F3N5O4/c1-19-27(29(39)38-12-9-22(10-13-38)37-24-11-14-41-17-26(24)40-2)35-18-36-28(19)34-16-23-7-4-8-25(42-23)20-5-3-6-21(15-20)30(31,32)33/h3,5-6,15,18,22-26,37H,4,7-14,16-17H2,1-2H3,(H,34,35,36). The van der Waals surface area contributed by atoms with Crippen molar-refractivity contribution in [1.29, 1.82) is 0 Å². The number of anilines is 1. The number of piperidine rings is 1. The van der Waals surface area contributed by atoms with Gasteiger partial charge in [-0.1, -0.05) is 12.1 Å². The number of amides is 1. The lowest BCUT2D eigenvalue weighted by Gasteiger charge is -2.38. The van der Waals surface area contributed by atoms with Crippen molar-refractivity contribution in [2.24, 2.45) is 0 Å². The zero-order chi connectivity index (χ0) is 29.7. The fourth-order valence-corrected chi connectivity index (χ4v) is 6.10. The summed E-state index contributed by atoms with van der Waals surface area (Å²) in [5, 5.41) is 7.00. The lowest BCUT2D eigenvalue weighted by Crippen LogP contribution is -2.54. The van der Waals surface area contributed by atoms with Crippen LogP contribution in [0.15, 0.2) is 30.6 Å². The summed E-state index contributed by atoms with van der Waals surface area (Å²) in [5.74, 6) is 0.440. The van der Waals surface area contributed by atoms with Crippen LogP contribution in [0, 0.1) is 6.92 Å². The number of hydrogen-bond donors (Lipinski definition) is 2. The molecule has 9 nitrogen and oxygen atoms in total. The fourth-order valence-electron chi connectivity index (χ4n) is 6.10. The summed E-state index contributed by atoms with van der Waals surface area (Å²) in [6.45, 7) is 4.84. The predicted molar refractivity (Wildman–Crippen MR) is 150 cm³/mol. The number of alkyl halides is 3. The Morgan fingerprint density at radius 3 is 2.71 bits per heavy atom. The maximum atomic E-state index is 13.4. The molecule has 3 aliphatic rings. The Bertz CT molecular complexity index is 1210. The molecular weight excluding hydrogens is 551 g/mol. The van der Waals surface area contributed by atoms with Crippen molar-refractivity contribution in [3.63, 3.8) is 0 Å². The van der Waals surface area contributed by atoms with Crippen LogP contribution in [0.2, 0.25) is 0 Å². The smallest absolute Gasteiger partial charge is 0.379 e. The van der Waals surface area contributed by atoms with Gasteiger partial charge in [-0.2, -0.15) is 13.2 Å². The maximum Gasteiger partial charge on any atom is 0.416 e. The minimum Gasteiger partial charge on any atom is -0.379 e. The van der Waals surface area contributed by atoms with Gasteiger partial charge in [0.05, 0.1) is 30.5 Å². The van der Waals surface area contributed by atoms with Crippen LogP contribution in [0.4, 0.5) is 19.0 Å². The van der Waals surface area contributed by atoms with Crippen molar-refractivity contribution in [3.05, 3.63) is 53.0 Å². The molecule has 4 unspecified atom stereocenters. The number of hydrogen-bond acceptors (Lipinski definition) is 8. The Morgan fingerprint density at radius 1 is 1.14 bits per heavy atom. The summed E-state index contributed by atoms with van der Waals surface area (Å²) < 4.78 is 56.9. The van der Waals surface area contributed by atoms with Crippen LogP contribution in [0.25, 0.3) is 0 Å². The van der Waals surface area contributed by atoms with E-state index in [2.05, 4.69) is 20.6 Å². The van der Waals surface area contributed by atoms with Gasteiger partial charge in [0.1, 0.15) is 17.8 Å². The number of likely N-dealkylation sites (tertiary alicyclic amines) is 1. The van der Waals surface area contributed by atoms with Crippen molar-refractivity contribution in [3.8, 4) is 0 Å². The van der Waals surface area contributed by atoms with Crippen LogP contribution in [0.1, 0.15) is 71.8 Å². The largest absolute Gasteiger partial charge is 0.416 e. The summed E-state index contributed by atoms with van der Waals surface area (Å²) in [4.78, 5) is 23.9. The van der Waals surface area contributed by atoms with Gasteiger partial charge in [0.25, 0.3) is 5.91 Å². The topological polar surface area (TPSA) is 97.8 Å². The molecule has 0 saturated carbocycles. The molecule has 0 radical (unpaired) electrons. The molecule has 0 bridgehead atoms. The molecule has 4 heterocycles. The minimum absolute atomic E-state index is 0.0403. The molecule has 42 heavy (non-hydrogen) atoms. The first kappa shape index (κ1) is 30.7. The number of ether oxygens (including phenoxy) is 3. The average Bonchev–Trinajstić information content (AvgIpc) is 3.01. The zero-order valence-corrected chi connectivity index (χ0v) is 24.2. The van der Waals surface area contributed by atoms with E-state index >= 15 is 0 Å². The molecule has 0 spiro atoms. The highest BCUT2D eigenvalue weighted by atomic mass is 19.4. The van der Waals surface area contributed by atoms with Gasteiger partial charge in [-0.05, 0) is 63.1 Å². The van der Waals surface area contributed by atoms with Crippen LogP contribution >= 0.6 is 0 Å². The third-order valence-corrected chi connectivity index (χ3v) is 8.56. The van der Waals surface area contributed by atoms with Gasteiger partial charge < -0.3 is 29.7 Å². The Kier molecular flexibility index (Phi) is 9.97. The fraction of sp³-hybridized carbons (Fsp3) is 0.633. The van der Waals surface area contributed by atoms with E-state index in [1.54, 1.807) is 13.2 Å². The molecule has 230 valence electrons. The molecule has 4 atom stereocenters. The highest BCUT2D eigenvalue weighted by Gasteiger charge is 2.33. The molecule has 2 aromatic rings. The average molecular weight is 592 g/mol. The van der Waals surface area contributed by atoms with Crippen molar-refractivity contribution >= 4 is 11.7 Å². The number of halogens is 3. The van der Waals surface area contributed by atoms with E-state index in [1.807, 2.05) is 11.8 Å². The Balaban J connectivity index is 1.14. The quantitative estimate of drug-likeness (QED) is 0.463. The SMILES string of the molecule is COC1COCCC1NC1CCN(C(=O)c2ncnc(NCC3CCCC(c4cccc(C(F)(F)F)c4)O3)c2C)CC1. The van der Waals surface area contributed by atoms with Crippen LogP contribution in [-0.2, 0) is 20.4 Å². The van der Waals surface area contributed by atoms with Gasteiger partial charge in [-0.25, -0.2) is 9.97 Å². The Labute approximate surface area is 244 Å². The lowest BCUT2D eigenvalue weighted by atomic mass is 9.97. The molecule has 12 heteroatoms.